The predicted octanol–water partition coefficient (Wildman–Crippen LogP) is 1.92. The lowest BCUT2D eigenvalue weighted by atomic mass is 9.95. The van der Waals surface area contributed by atoms with E-state index >= 15 is 0 Å². The largest absolute Gasteiger partial charge is 0.494 e. The van der Waals surface area contributed by atoms with Crippen LogP contribution in [0.4, 0.5) is 5.69 Å². The second-order valence-electron chi connectivity index (χ2n) is 5.53. The predicted molar refractivity (Wildman–Crippen MR) is 91.9 cm³/mol. The van der Waals surface area contributed by atoms with Crippen molar-refractivity contribution >= 4 is 29.9 Å². The summed E-state index contributed by atoms with van der Waals surface area (Å²) in [6, 6.07) is 4.91. The molecule has 0 saturated heterocycles. The minimum Gasteiger partial charge on any atom is -0.494 e. The van der Waals surface area contributed by atoms with Crippen molar-refractivity contribution in [3.05, 3.63) is 23.8 Å². The van der Waals surface area contributed by atoms with Crippen LogP contribution < -0.4 is 21.5 Å². The standard InChI is InChI=1S/C16H23N3O3.ClH/c1-2-22-11-6-7-14(13(8-11)15(18)20)19-16(21)12-5-3-4-10(12)9-17;/h6-8,10,12H,2-5,9,17H2,1H3,(H2,18,20)(H,19,21);1H/t10-,12-;/m1./s1. The first-order valence-electron chi connectivity index (χ1n) is 7.64. The second-order valence-corrected chi connectivity index (χ2v) is 5.53. The molecular weight excluding hydrogens is 318 g/mol. The third-order valence-electron chi connectivity index (χ3n) is 4.12. The van der Waals surface area contributed by atoms with Crippen LogP contribution in [-0.2, 0) is 4.79 Å². The fraction of sp³-hybridized carbons (Fsp3) is 0.500. The zero-order valence-corrected chi connectivity index (χ0v) is 14.0. The average Bonchev–Trinajstić information content (AvgIpc) is 2.97. The van der Waals surface area contributed by atoms with Crippen molar-refractivity contribution in [2.75, 3.05) is 18.5 Å². The number of hydrogen-bond donors (Lipinski definition) is 3. The van der Waals surface area contributed by atoms with Gasteiger partial charge in [-0.2, -0.15) is 0 Å². The number of amides is 2. The number of nitrogens with two attached hydrogens (primary N) is 2. The molecule has 0 aliphatic heterocycles. The van der Waals surface area contributed by atoms with Crippen molar-refractivity contribution in [1.29, 1.82) is 0 Å². The fourth-order valence-corrected chi connectivity index (χ4v) is 2.98. The van der Waals surface area contributed by atoms with Crippen LogP contribution in [0.3, 0.4) is 0 Å². The maximum absolute atomic E-state index is 12.4. The number of benzene rings is 1. The molecule has 1 fully saturated rings. The summed E-state index contributed by atoms with van der Waals surface area (Å²) in [6.07, 6.45) is 2.81. The van der Waals surface area contributed by atoms with E-state index in [0.29, 0.717) is 24.6 Å². The Morgan fingerprint density at radius 2 is 2.09 bits per heavy atom. The molecule has 2 amide bonds. The van der Waals surface area contributed by atoms with Crippen molar-refractivity contribution in [1.82, 2.24) is 0 Å². The maximum atomic E-state index is 12.4. The lowest BCUT2D eigenvalue weighted by Crippen LogP contribution is -2.30. The molecule has 6 nitrogen and oxygen atoms in total. The number of anilines is 1. The van der Waals surface area contributed by atoms with Gasteiger partial charge in [0, 0.05) is 5.92 Å². The van der Waals surface area contributed by atoms with E-state index in [-0.39, 0.29) is 35.7 Å². The van der Waals surface area contributed by atoms with Crippen LogP contribution in [0.15, 0.2) is 18.2 Å². The van der Waals surface area contributed by atoms with Crippen molar-refractivity contribution < 1.29 is 14.3 Å². The summed E-state index contributed by atoms with van der Waals surface area (Å²) >= 11 is 0. The number of carbonyl (C=O) groups excluding carboxylic acids is 2. The first-order valence-corrected chi connectivity index (χ1v) is 7.64. The van der Waals surface area contributed by atoms with Crippen LogP contribution >= 0.6 is 12.4 Å². The zero-order chi connectivity index (χ0) is 16.1. The number of ether oxygens (including phenoxy) is 1. The highest BCUT2D eigenvalue weighted by molar-refractivity contribution is 6.03. The van der Waals surface area contributed by atoms with Crippen LogP contribution in [-0.4, -0.2) is 25.0 Å². The molecule has 1 aromatic rings. The summed E-state index contributed by atoms with van der Waals surface area (Å²) in [5.41, 5.74) is 11.8. The fourth-order valence-electron chi connectivity index (χ4n) is 2.98. The number of carbonyl (C=O) groups is 2. The van der Waals surface area contributed by atoms with Gasteiger partial charge in [-0.15, -0.1) is 12.4 Å². The lowest BCUT2D eigenvalue weighted by Gasteiger charge is -2.18. The summed E-state index contributed by atoms with van der Waals surface area (Å²) in [5, 5.41) is 2.82. The molecule has 1 saturated carbocycles. The molecule has 0 heterocycles. The van der Waals surface area contributed by atoms with Crippen LogP contribution in [0, 0.1) is 11.8 Å². The smallest absolute Gasteiger partial charge is 0.250 e. The number of primary amides is 1. The topological polar surface area (TPSA) is 107 Å². The molecule has 2 rings (SSSR count). The monoisotopic (exact) mass is 341 g/mol. The number of rotatable bonds is 6. The van der Waals surface area contributed by atoms with Gasteiger partial charge in [0.05, 0.1) is 17.9 Å². The van der Waals surface area contributed by atoms with E-state index in [1.807, 2.05) is 6.92 Å². The second kappa shape index (κ2) is 8.74. The summed E-state index contributed by atoms with van der Waals surface area (Å²) < 4.78 is 5.35. The SMILES string of the molecule is CCOc1ccc(NC(=O)[C@@H]2CCC[C@@H]2CN)c(C(N)=O)c1.Cl. The number of hydrogen-bond acceptors (Lipinski definition) is 4. The van der Waals surface area contributed by atoms with Gasteiger partial charge in [0.25, 0.3) is 5.91 Å². The molecule has 0 radical (unpaired) electrons. The van der Waals surface area contributed by atoms with Crippen LogP contribution in [0.2, 0.25) is 0 Å². The van der Waals surface area contributed by atoms with E-state index in [4.69, 9.17) is 16.2 Å². The third-order valence-corrected chi connectivity index (χ3v) is 4.12. The normalized spacial score (nSPS) is 19.7. The molecule has 5 N–H and O–H groups in total. The Hall–Kier alpha value is -1.79. The first kappa shape index (κ1) is 19.3. The molecule has 1 aliphatic carbocycles. The molecule has 0 aromatic heterocycles. The minimum atomic E-state index is -0.598. The molecule has 0 unspecified atom stereocenters. The Morgan fingerprint density at radius 3 is 2.70 bits per heavy atom. The van der Waals surface area contributed by atoms with Crippen molar-refractivity contribution in [2.45, 2.75) is 26.2 Å². The van der Waals surface area contributed by atoms with Crippen molar-refractivity contribution in [3.63, 3.8) is 0 Å². The Kier molecular flexibility index (Phi) is 7.32. The Labute approximate surface area is 142 Å². The van der Waals surface area contributed by atoms with Gasteiger partial charge in [-0.05, 0) is 50.4 Å². The summed E-state index contributed by atoms with van der Waals surface area (Å²) in [6.45, 7) is 2.85. The highest BCUT2D eigenvalue weighted by atomic mass is 35.5. The molecule has 1 aromatic carbocycles. The van der Waals surface area contributed by atoms with E-state index in [0.717, 1.165) is 19.3 Å². The molecule has 128 valence electrons. The van der Waals surface area contributed by atoms with Gasteiger partial charge in [-0.1, -0.05) is 6.42 Å². The minimum absolute atomic E-state index is 0. The van der Waals surface area contributed by atoms with Gasteiger partial charge in [0.15, 0.2) is 0 Å². The van der Waals surface area contributed by atoms with E-state index in [1.165, 1.54) is 0 Å². The van der Waals surface area contributed by atoms with Crippen LogP contribution in [0.5, 0.6) is 5.75 Å². The van der Waals surface area contributed by atoms with E-state index in [1.54, 1.807) is 18.2 Å². The lowest BCUT2D eigenvalue weighted by molar-refractivity contribution is -0.120. The Morgan fingerprint density at radius 1 is 1.35 bits per heavy atom. The summed E-state index contributed by atoms with van der Waals surface area (Å²) in [7, 11) is 0. The zero-order valence-electron chi connectivity index (χ0n) is 13.2. The summed E-state index contributed by atoms with van der Waals surface area (Å²) in [4.78, 5) is 24.0. The van der Waals surface area contributed by atoms with Crippen LogP contribution in [0.25, 0.3) is 0 Å². The van der Waals surface area contributed by atoms with Gasteiger partial charge in [-0.3, -0.25) is 9.59 Å². The number of nitrogens with one attached hydrogen (secondary N) is 1. The average molecular weight is 342 g/mol. The van der Waals surface area contributed by atoms with Crippen molar-refractivity contribution in [2.24, 2.45) is 23.3 Å². The van der Waals surface area contributed by atoms with E-state index in [9.17, 15) is 9.59 Å². The van der Waals surface area contributed by atoms with E-state index < -0.39 is 5.91 Å². The molecule has 7 heteroatoms. The molecule has 1 aliphatic rings. The van der Waals surface area contributed by atoms with Gasteiger partial charge >= 0.3 is 0 Å². The highest BCUT2D eigenvalue weighted by Crippen LogP contribution is 2.32. The van der Waals surface area contributed by atoms with Gasteiger partial charge in [0.1, 0.15) is 5.75 Å². The van der Waals surface area contributed by atoms with Crippen molar-refractivity contribution in [3.8, 4) is 5.75 Å². The molecular formula is C16H24ClN3O3. The first-order chi connectivity index (χ1) is 10.6. The number of halogens is 1. The van der Waals surface area contributed by atoms with Crippen LogP contribution in [0.1, 0.15) is 36.5 Å². The quantitative estimate of drug-likeness (QED) is 0.734. The van der Waals surface area contributed by atoms with Gasteiger partial charge in [0.2, 0.25) is 5.91 Å². The van der Waals surface area contributed by atoms with Gasteiger partial charge < -0.3 is 21.5 Å². The Balaban J connectivity index is 0.00000264. The molecule has 0 bridgehead atoms. The maximum Gasteiger partial charge on any atom is 0.250 e. The molecule has 23 heavy (non-hydrogen) atoms. The van der Waals surface area contributed by atoms with Gasteiger partial charge in [-0.25, -0.2) is 0 Å². The van der Waals surface area contributed by atoms with E-state index in [2.05, 4.69) is 5.32 Å². The third kappa shape index (κ3) is 4.59. The summed E-state index contributed by atoms with van der Waals surface area (Å²) in [5.74, 6) is -0.0368. The molecule has 0 spiro atoms. The Bertz CT molecular complexity index is 566. The molecule has 2 atom stereocenters. The highest BCUT2D eigenvalue weighted by Gasteiger charge is 2.32.